The predicted molar refractivity (Wildman–Crippen MR) is 121 cm³/mol. The fourth-order valence-corrected chi connectivity index (χ4v) is 4.44. The summed E-state index contributed by atoms with van der Waals surface area (Å²) in [6.45, 7) is 8.48. The van der Waals surface area contributed by atoms with Crippen molar-refractivity contribution in [1.29, 1.82) is 0 Å². The molecule has 2 aromatic carbocycles. The van der Waals surface area contributed by atoms with Gasteiger partial charge < -0.3 is 10.2 Å². The molecule has 2 aromatic rings. The molecule has 1 aliphatic rings. The molecule has 1 heterocycles. The Morgan fingerprint density at radius 1 is 0.903 bits per heavy atom. The lowest BCUT2D eigenvalue weighted by Gasteiger charge is -2.30. The van der Waals surface area contributed by atoms with E-state index in [0.717, 1.165) is 17.5 Å². The summed E-state index contributed by atoms with van der Waals surface area (Å²) in [5.41, 5.74) is 3.07. The van der Waals surface area contributed by atoms with Crippen LogP contribution in [-0.4, -0.2) is 31.7 Å². The molecule has 0 saturated carbocycles. The van der Waals surface area contributed by atoms with Crippen molar-refractivity contribution in [3.8, 4) is 0 Å². The molecule has 2 amide bonds. The molecular formula is C23H29N3O4S. The zero-order valence-corrected chi connectivity index (χ0v) is 19.1. The smallest absolute Gasteiger partial charge is 0.261 e. The van der Waals surface area contributed by atoms with Crippen LogP contribution in [0.4, 0.5) is 11.4 Å². The highest BCUT2D eigenvalue weighted by molar-refractivity contribution is 7.92. The fraction of sp³-hybridized carbons (Fsp3) is 0.391. The highest BCUT2D eigenvalue weighted by Gasteiger charge is 2.23. The van der Waals surface area contributed by atoms with Gasteiger partial charge in [0.1, 0.15) is 0 Å². The highest BCUT2D eigenvalue weighted by atomic mass is 32.2. The van der Waals surface area contributed by atoms with Gasteiger partial charge in [0.25, 0.3) is 10.0 Å². The summed E-state index contributed by atoms with van der Waals surface area (Å²) < 4.78 is 28.2. The van der Waals surface area contributed by atoms with Gasteiger partial charge in [-0.15, -0.1) is 0 Å². The minimum Gasteiger partial charge on any atom is -0.338 e. The number of sulfonamides is 1. The van der Waals surface area contributed by atoms with Crippen molar-refractivity contribution < 1.29 is 18.0 Å². The Kier molecular flexibility index (Phi) is 6.69. The number of amides is 2. The lowest BCUT2D eigenvalue weighted by atomic mass is 9.98. The monoisotopic (exact) mass is 443 g/mol. The van der Waals surface area contributed by atoms with Crippen LogP contribution < -0.4 is 10.0 Å². The van der Waals surface area contributed by atoms with Crippen molar-refractivity contribution in [3.63, 3.8) is 0 Å². The SMILES string of the molecule is CC(C)C(=O)Nc1ccc(S(=O)(=O)Nc2ccc3c(c2)CN(C(=O)C(C)C)CC3)cc1. The minimum atomic E-state index is -3.79. The first-order valence-electron chi connectivity index (χ1n) is 10.4. The van der Waals surface area contributed by atoms with Crippen molar-refractivity contribution in [2.75, 3.05) is 16.6 Å². The van der Waals surface area contributed by atoms with Gasteiger partial charge in [-0.1, -0.05) is 33.8 Å². The Hall–Kier alpha value is -2.87. The summed E-state index contributed by atoms with van der Waals surface area (Å²) in [4.78, 5) is 26.0. The van der Waals surface area contributed by atoms with Crippen molar-refractivity contribution in [2.45, 2.75) is 45.6 Å². The number of carbonyl (C=O) groups excluding carboxylic acids is 2. The van der Waals surface area contributed by atoms with Crippen LogP contribution in [0, 0.1) is 11.8 Å². The molecule has 166 valence electrons. The van der Waals surface area contributed by atoms with E-state index in [0.29, 0.717) is 24.5 Å². The van der Waals surface area contributed by atoms with E-state index in [-0.39, 0.29) is 28.5 Å². The average Bonchev–Trinajstić information content (AvgIpc) is 2.72. The van der Waals surface area contributed by atoms with E-state index in [9.17, 15) is 18.0 Å². The molecule has 0 aliphatic carbocycles. The molecule has 0 fully saturated rings. The van der Waals surface area contributed by atoms with Gasteiger partial charge in [-0.25, -0.2) is 8.42 Å². The second-order valence-electron chi connectivity index (χ2n) is 8.42. The number of nitrogens with zero attached hydrogens (tertiary/aromatic N) is 1. The van der Waals surface area contributed by atoms with Gasteiger partial charge in [0.05, 0.1) is 4.90 Å². The first kappa shape index (κ1) is 22.8. The Labute approximate surface area is 183 Å². The molecule has 7 nitrogen and oxygen atoms in total. The maximum Gasteiger partial charge on any atom is 0.261 e. The number of anilines is 2. The zero-order valence-electron chi connectivity index (χ0n) is 18.3. The predicted octanol–water partition coefficient (Wildman–Crippen LogP) is 3.62. The Balaban J connectivity index is 1.74. The summed E-state index contributed by atoms with van der Waals surface area (Å²) in [6.07, 6.45) is 0.754. The number of fused-ring (bicyclic) bond motifs is 1. The van der Waals surface area contributed by atoms with E-state index in [1.807, 2.05) is 24.8 Å². The number of carbonyl (C=O) groups is 2. The number of hydrogen-bond donors (Lipinski definition) is 2. The van der Waals surface area contributed by atoms with Crippen molar-refractivity contribution in [3.05, 3.63) is 53.6 Å². The highest BCUT2D eigenvalue weighted by Crippen LogP contribution is 2.25. The topological polar surface area (TPSA) is 95.6 Å². The molecule has 0 unspecified atom stereocenters. The van der Waals surface area contributed by atoms with Crippen LogP contribution in [0.15, 0.2) is 47.4 Å². The summed E-state index contributed by atoms with van der Waals surface area (Å²) in [7, 11) is -3.79. The van der Waals surface area contributed by atoms with E-state index in [2.05, 4.69) is 10.0 Å². The van der Waals surface area contributed by atoms with E-state index in [4.69, 9.17) is 0 Å². The minimum absolute atomic E-state index is 0.0727. The third kappa shape index (κ3) is 5.44. The third-order valence-electron chi connectivity index (χ3n) is 5.23. The lowest BCUT2D eigenvalue weighted by molar-refractivity contribution is -0.135. The third-order valence-corrected chi connectivity index (χ3v) is 6.63. The van der Waals surface area contributed by atoms with E-state index in [1.165, 1.54) is 12.1 Å². The molecule has 0 spiro atoms. The molecular weight excluding hydrogens is 414 g/mol. The molecule has 3 rings (SSSR count). The lowest BCUT2D eigenvalue weighted by Crippen LogP contribution is -2.38. The van der Waals surface area contributed by atoms with Crippen LogP contribution in [0.2, 0.25) is 0 Å². The Bertz CT molecular complexity index is 1080. The fourth-order valence-electron chi connectivity index (χ4n) is 3.39. The van der Waals surface area contributed by atoms with Crippen LogP contribution in [0.5, 0.6) is 0 Å². The first-order chi connectivity index (χ1) is 14.6. The Morgan fingerprint density at radius 2 is 1.55 bits per heavy atom. The normalized spacial score (nSPS) is 13.8. The number of hydrogen-bond acceptors (Lipinski definition) is 4. The number of rotatable bonds is 6. The van der Waals surface area contributed by atoms with Crippen LogP contribution in [0.3, 0.4) is 0 Å². The van der Waals surface area contributed by atoms with Crippen LogP contribution in [0.1, 0.15) is 38.8 Å². The molecule has 31 heavy (non-hydrogen) atoms. The van der Waals surface area contributed by atoms with Gasteiger partial charge in [0, 0.05) is 36.3 Å². The largest absolute Gasteiger partial charge is 0.338 e. The van der Waals surface area contributed by atoms with Gasteiger partial charge in [-0.3, -0.25) is 14.3 Å². The maximum atomic E-state index is 12.8. The molecule has 0 bridgehead atoms. The average molecular weight is 444 g/mol. The summed E-state index contributed by atoms with van der Waals surface area (Å²) in [5, 5.41) is 2.74. The van der Waals surface area contributed by atoms with Gasteiger partial charge in [-0.2, -0.15) is 0 Å². The molecule has 0 aromatic heterocycles. The van der Waals surface area contributed by atoms with Crippen molar-refractivity contribution in [2.24, 2.45) is 11.8 Å². The molecule has 2 N–H and O–H groups in total. The van der Waals surface area contributed by atoms with Crippen molar-refractivity contribution >= 4 is 33.2 Å². The van der Waals surface area contributed by atoms with Crippen LogP contribution >= 0.6 is 0 Å². The van der Waals surface area contributed by atoms with Gasteiger partial charge in [0.2, 0.25) is 11.8 Å². The van der Waals surface area contributed by atoms with Crippen LogP contribution in [-0.2, 0) is 32.6 Å². The van der Waals surface area contributed by atoms with Gasteiger partial charge in [0.15, 0.2) is 0 Å². The number of nitrogens with one attached hydrogen (secondary N) is 2. The van der Waals surface area contributed by atoms with Gasteiger partial charge in [-0.05, 0) is 53.9 Å². The Morgan fingerprint density at radius 3 is 2.16 bits per heavy atom. The van der Waals surface area contributed by atoms with E-state index in [1.54, 1.807) is 38.1 Å². The van der Waals surface area contributed by atoms with Crippen LogP contribution in [0.25, 0.3) is 0 Å². The van der Waals surface area contributed by atoms with Crippen molar-refractivity contribution in [1.82, 2.24) is 4.90 Å². The van der Waals surface area contributed by atoms with E-state index >= 15 is 0 Å². The second-order valence-corrected chi connectivity index (χ2v) is 10.1. The van der Waals surface area contributed by atoms with Gasteiger partial charge >= 0.3 is 0 Å². The second kappa shape index (κ2) is 9.09. The quantitative estimate of drug-likeness (QED) is 0.713. The van der Waals surface area contributed by atoms with E-state index < -0.39 is 10.0 Å². The molecule has 0 saturated heterocycles. The summed E-state index contributed by atoms with van der Waals surface area (Å²) >= 11 is 0. The molecule has 0 atom stereocenters. The standard InChI is InChI=1S/C23H29N3O4S/c1-15(2)22(27)24-19-7-9-21(10-8-19)31(29,30)25-20-6-5-17-11-12-26(14-18(17)13-20)23(28)16(3)4/h5-10,13,15-16,25H,11-12,14H2,1-4H3,(H,24,27). The molecule has 0 radical (unpaired) electrons. The maximum absolute atomic E-state index is 12.8. The first-order valence-corrected chi connectivity index (χ1v) is 11.9. The molecule has 8 heteroatoms. The molecule has 1 aliphatic heterocycles. The summed E-state index contributed by atoms with van der Waals surface area (Å²) in [5.74, 6) is -0.272. The zero-order chi connectivity index (χ0) is 22.8. The number of benzene rings is 2. The summed E-state index contributed by atoms with van der Waals surface area (Å²) in [6, 6.07) is 11.5.